The Morgan fingerprint density at radius 2 is 1.65 bits per heavy atom. The van der Waals surface area contributed by atoms with Crippen LogP contribution in [0.1, 0.15) is 43.0 Å². The summed E-state index contributed by atoms with van der Waals surface area (Å²) < 4.78 is 0. The highest BCUT2D eigenvalue weighted by molar-refractivity contribution is 5.28. The maximum absolute atomic E-state index is 3.69. The van der Waals surface area contributed by atoms with Crippen molar-refractivity contribution in [3.05, 3.63) is 71.3 Å². The molecular formula is C19H25N. The van der Waals surface area contributed by atoms with Gasteiger partial charge in [-0.3, -0.25) is 0 Å². The standard InChI is InChI=1S/C19H25N/c1-3-13-20-19(15-17-9-6-5-7-10-17)18-12-8-11-16(4-2)14-18/h5-12,14,19-20H,3-4,13,15H2,1-2H3. The summed E-state index contributed by atoms with van der Waals surface area (Å²) in [5.41, 5.74) is 4.21. The van der Waals surface area contributed by atoms with Crippen LogP contribution in [-0.2, 0) is 12.8 Å². The minimum absolute atomic E-state index is 0.406. The average molecular weight is 267 g/mol. The number of nitrogens with one attached hydrogen (secondary N) is 1. The zero-order chi connectivity index (χ0) is 14.2. The lowest BCUT2D eigenvalue weighted by Gasteiger charge is -2.20. The molecule has 0 saturated heterocycles. The number of benzene rings is 2. The van der Waals surface area contributed by atoms with Gasteiger partial charge in [0.15, 0.2) is 0 Å². The van der Waals surface area contributed by atoms with Gasteiger partial charge in [0.2, 0.25) is 0 Å². The normalized spacial score (nSPS) is 12.3. The van der Waals surface area contributed by atoms with E-state index in [1.54, 1.807) is 0 Å². The van der Waals surface area contributed by atoms with E-state index in [-0.39, 0.29) is 0 Å². The molecule has 106 valence electrons. The molecule has 0 heterocycles. The van der Waals surface area contributed by atoms with Gasteiger partial charge < -0.3 is 5.32 Å². The Kier molecular flexibility index (Phi) is 5.82. The molecule has 1 atom stereocenters. The Hall–Kier alpha value is -1.60. The molecule has 0 aliphatic carbocycles. The maximum Gasteiger partial charge on any atom is 0.0360 e. The fourth-order valence-corrected chi connectivity index (χ4v) is 2.51. The molecule has 2 aromatic rings. The summed E-state index contributed by atoms with van der Waals surface area (Å²) in [5.74, 6) is 0. The van der Waals surface area contributed by atoms with E-state index in [1.165, 1.54) is 23.1 Å². The van der Waals surface area contributed by atoms with Crippen LogP contribution < -0.4 is 5.32 Å². The second-order valence-corrected chi connectivity index (χ2v) is 5.30. The molecular weight excluding hydrogens is 242 g/mol. The molecule has 0 aliphatic rings. The van der Waals surface area contributed by atoms with Gasteiger partial charge in [-0.05, 0) is 42.5 Å². The first-order valence-electron chi connectivity index (χ1n) is 7.69. The Morgan fingerprint density at radius 3 is 2.35 bits per heavy atom. The fraction of sp³-hybridized carbons (Fsp3) is 0.368. The highest BCUT2D eigenvalue weighted by Gasteiger charge is 2.11. The van der Waals surface area contributed by atoms with Gasteiger partial charge >= 0.3 is 0 Å². The topological polar surface area (TPSA) is 12.0 Å². The van der Waals surface area contributed by atoms with Crippen molar-refractivity contribution in [2.24, 2.45) is 0 Å². The predicted molar refractivity (Wildman–Crippen MR) is 87.0 cm³/mol. The largest absolute Gasteiger partial charge is 0.310 e. The van der Waals surface area contributed by atoms with Gasteiger partial charge in [0.1, 0.15) is 0 Å². The molecule has 0 bridgehead atoms. The maximum atomic E-state index is 3.69. The smallest absolute Gasteiger partial charge is 0.0360 e. The molecule has 0 spiro atoms. The molecule has 1 unspecified atom stereocenters. The SMILES string of the molecule is CCCNC(Cc1ccccc1)c1cccc(CC)c1. The molecule has 1 heteroatoms. The predicted octanol–water partition coefficient (Wildman–Crippen LogP) is 4.53. The molecule has 0 aromatic heterocycles. The Bertz CT molecular complexity index is 504. The fourth-order valence-electron chi connectivity index (χ4n) is 2.51. The third-order valence-electron chi connectivity index (χ3n) is 3.69. The zero-order valence-electron chi connectivity index (χ0n) is 12.6. The van der Waals surface area contributed by atoms with Crippen LogP contribution in [0.5, 0.6) is 0 Å². The van der Waals surface area contributed by atoms with E-state index in [0.717, 1.165) is 19.4 Å². The number of hydrogen-bond acceptors (Lipinski definition) is 1. The number of aryl methyl sites for hydroxylation is 1. The molecule has 0 aliphatic heterocycles. The van der Waals surface area contributed by atoms with Gasteiger partial charge in [-0.1, -0.05) is 68.4 Å². The summed E-state index contributed by atoms with van der Waals surface area (Å²) in [7, 11) is 0. The molecule has 20 heavy (non-hydrogen) atoms. The van der Waals surface area contributed by atoms with Crippen LogP contribution in [0.4, 0.5) is 0 Å². The third kappa shape index (κ3) is 4.21. The summed E-state index contributed by atoms with van der Waals surface area (Å²) in [6.07, 6.45) is 3.31. The van der Waals surface area contributed by atoms with Crippen molar-refractivity contribution in [1.82, 2.24) is 5.32 Å². The minimum Gasteiger partial charge on any atom is -0.310 e. The van der Waals surface area contributed by atoms with Crippen molar-refractivity contribution < 1.29 is 0 Å². The lowest BCUT2D eigenvalue weighted by atomic mass is 9.96. The summed E-state index contributed by atoms with van der Waals surface area (Å²) >= 11 is 0. The van der Waals surface area contributed by atoms with Crippen molar-refractivity contribution >= 4 is 0 Å². The van der Waals surface area contributed by atoms with E-state index in [4.69, 9.17) is 0 Å². The summed E-state index contributed by atoms with van der Waals surface area (Å²) in [6, 6.07) is 20.1. The molecule has 2 rings (SSSR count). The monoisotopic (exact) mass is 267 g/mol. The molecule has 2 aromatic carbocycles. The molecule has 1 nitrogen and oxygen atoms in total. The van der Waals surface area contributed by atoms with Crippen molar-refractivity contribution in [3.8, 4) is 0 Å². The van der Waals surface area contributed by atoms with Crippen molar-refractivity contribution in [1.29, 1.82) is 0 Å². The quantitative estimate of drug-likeness (QED) is 0.777. The van der Waals surface area contributed by atoms with Gasteiger partial charge in [0.25, 0.3) is 0 Å². The lowest BCUT2D eigenvalue weighted by Crippen LogP contribution is -2.24. The Balaban J connectivity index is 2.17. The highest BCUT2D eigenvalue weighted by atomic mass is 14.9. The zero-order valence-corrected chi connectivity index (χ0v) is 12.6. The summed E-state index contributed by atoms with van der Waals surface area (Å²) in [4.78, 5) is 0. The van der Waals surface area contributed by atoms with Gasteiger partial charge in [-0.15, -0.1) is 0 Å². The summed E-state index contributed by atoms with van der Waals surface area (Å²) in [6.45, 7) is 5.49. The first kappa shape index (κ1) is 14.8. The minimum atomic E-state index is 0.406. The van der Waals surface area contributed by atoms with Crippen molar-refractivity contribution in [2.45, 2.75) is 39.2 Å². The number of hydrogen-bond donors (Lipinski definition) is 1. The van der Waals surface area contributed by atoms with E-state index in [9.17, 15) is 0 Å². The third-order valence-corrected chi connectivity index (χ3v) is 3.69. The van der Waals surface area contributed by atoms with Crippen molar-refractivity contribution in [3.63, 3.8) is 0 Å². The first-order valence-corrected chi connectivity index (χ1v) is 7.69. The summed E-state index contributed by atoms with van der Waals surface area (Å²) in [5, 5.41) is 3.69. The van der Waals surface area contributed by atoms with Gasteiger partial charge in [-0.25, -0.2) is 0 Å². The van der Waals surface area contributed by atoms with Gasteiger partial charge in [0.05, 0.1) is 0 Å². The van der Waals surface area contributed by atoms with Crippen LogP contribution in [0.3, 0.4) is 0 Å². The van der Waals surface area contributed by atoms with E-state index in [0.29, 0.717) is 6.04 Å². The van der Waals surface area contributed by atoms with Crippen LogP contribution >= 0.6 is 0 Å². The molecule has 1 N–H and O–H groups in total. The van der Waals surface area contributed by atoms with E-state index in [1.807, 2.05) is 0 Å². The lowest BCUT2D eigenvalue weighted by molar-refractivity contribution is 0.529. The van der Waals surface area contributed by atoms with E-state index >= 15 is 0 Å². The average Bonchev–Trinajstić information content (AvgIpc) is 2.52. The van der Waals surface area contributed by atoms with Gasteiger partial charge in [0, 0.05) is 6.04 Å². The molecule has 0 fully saturated rings. The Morgan fingerprint density at radius 1 is 0.900 bits per heavy atom. The van der Waals surface area contributed by atoms with Crippen LogP contribution in [-0.4, -0.2) is 6.54 Å². The highest BCUT2D eigenvalue weighted by Crippen LogP contribution is 2.20. The molecule has 0 saturated carbocycles. The van der Waals surface area contributed by atoms with E-state index in [2.05, 4.69) is 73.8 Å². The van der Waals surface area contributed by atoms with Crippen LogP contribution in [0.25, 0.3) is 0 Å². The molecule has 0 amide bonds. The molecule has 0 radical (unpaired) electrons. The van der Waals surface area contributed by atoms with Crippen LogP contribution in [0.2, 0.25) is 0 Å². The van der Waals surface area contributed by atoms with Crippen LogP contribution in [0, 0.1) is 0 Å². The Labute approximate surface area is 123 Å². The number of rotatable bonds is 7. The van der Waals surface area contributed by atoms with E-state index < -0.39 is 0 Å². The first-order chi connectivity index (χ1) is 9.83. The van der Waals surface area contributed by atoms with Crippen molar-refractivity contribution in [2.75, 3.05) is 6.54 Å². The van der Waals surface area contributed by atoms with Gasteiger partial charge in [-0.2, -0.15) is 0 Å². The second-order valence-electron chi connectivity index (χ2n) is 5.30. The second kappa shape index (κ2) is 7.86. The van der Waals surface area contributed by atoms with Crippen LogP contribution in [0.15, 0.2) is 54.6 Å².